The van der Waals surface area contributed by atoms with E-state index in [0.717, 1.165) is 5.39 Å². The summed E-state index contributed by atoms with van der Waals surface area (Å²) in [5.41, 5.74) is 4.35. The molecule has 5 heterocycles. The van der Waals surface area contributed by atoms with E-state index in [-0.39, 0.29) is 18.1 Å². The maximum Gasteiger partial charge on any atom is 0.376 e. The van der Waals surface area contributed by atoms with Crippen LogP contribution in [0.5, 0.6) is 23.0 Å². The van der Waals surface area contributed by atoms with Crippen LogP contribution in [0, 0.1) is 0 Å². The van der Waals surface area contributed by atoms with Gasteiger partial charge in [0.2, 0.25) is 0 Å². The smallest absolute Gasteiger partial charge is 0.376 e. The lowest BCUT2D eigenvalue weighted by molar-refractivity contribution is 0.341. The van der Waals surface area contributed by atoms with Gasteiger partial charge in [0.25, 0.3) is 0 Å². The predicted octanol–water partition coefficient (Wildman–Crippen LogP) is 9.37. The zero-order chi connectivity index (χ0) is 43.9. The molecule has 1 unspecified atom stereocenters. The molecule has 4 aromatic carbocycles. The first-order chi connectivity index (χ1) is 30.4. The molecule has 8 bridgehead atoms. The Bertz CT molecular complexity index is 3170. The molecule has 9 rings (SSSR count). The molecule has 1 atom stereocenters. The maximum absolute atomic E-state index is 13.3. The van der Waals surface area contributed by atoms with Crippen LogP contribution in [0.15, 0.2) is 72.8 Å². The van der Waals surface area contributed by atoms with Gasteiger partial charge in [-0.05, 0) is 70.0 Å². The van der Waals surface area contributed by atoms with Gasteiger partial charge in [-0.25, -0.2) is 34.5 Å². The van der Waals surface area contributed by atoms with Crippen LogP contribution in [0.3, 0.4) is 0 Å². The number of H-pyrrole nitrogens is 2. The van der Waals surface area contributed by atoms with E-state index in [1.165, 1.54) is 0 Å². The van der Waals surface area contributed by atoms with E-state index in [0.29, 0.717) is 147 Å². The molecule has 7 aromatic rings. The van der Waals surface area contributed by atoms with E-state index in [1.54, 1.807) is 18.2 Å². The van der Waals surface area contributed by atoms with Crippen LogP contribution < -0.4 is 18.7 Å². The molecule has 0 aliphatic carbocycles. The Balaban J connectivity index is 1.28. The van der Waals surface area contributed by atoms with Crippen LogP contribution >= 0.6 is 15.2 Å². The molecule has 0 spiro atoms. The van der Waals surface area contributed by atoms with Crippen LogP contribution in [0.1, 0.15) is 46.5 Å². The zero-order valence-electron chi connectivity index (χ0n) is 34.7. The largest absolute Gasteiger partial charge is 0.493 e. The Hall–Kier alpha value is -6.22. The van der Waals surface area contributed by atoms with Gasteiger partial charge < -0.3 is 43.4 Å². The second-order valence-corrected chi connectivity index (χ2v) is 18.6. The Morgan fingerprint density at radius 1 is 0.524 bits per heavy atom. The number of fused-ring (bicyclic) bond motifs is 20. The highest BCUT2D eigenvalue weighted by Gasteiger charge is 2.27. The minimum Gasteiger partial charge on any atom is -0.493 e. The predicted molar refractivity (Wildman–Crippen MR) is 240 cm³/mol. The summed E-state index contributed by atoms with van der Waals surface area (Å²) in [5, 5.41) is 2.60. The summed E-state index contributed by atoms with van der Waals surface area (Å²) in [4.78, 5) is 66.5. The zero-order valence-corrected chi connectivity index (χ0v) is 36.4. The molecule has 0 saturated heterocycles. The molecular weight excluding hydrogens is 846 g/mol. The van der Waals surface area contributed by atoms with Gasteiger partial charge in [0.05, 0.1) is 42.5 Å². The monoisotopic (exact) mass is 890 g/mol. The number of nitrogens with one attached hydrogen (secondary N) is 2. The van der Waals surface area contributed by atoms with Gasteiger partial charge in [0.15, 0.2) is 23.3 Å². The number of unbranched alkanes of at least 4 members (excludes halogenated alkanes) is 3. The Kier molecular flexibility index (Phi) is 11.5. The molecule has 324 valence electrons. The summed E-state index contributed by atoms with van der Waals surface area (Å²) >= 11 is 0. The van der Waals surface area contributed by atoms with E-state index in [1.807, 2.05) is 75.4 Å². The van der Waals surface area contributed by atoms with Crippen molar-refractivity contribution in [2.75, 3.05) is 32.1 Å². The van der Waals surface area contributed by atoms with Gasteiger partial charge in [0.1, 0.15) is 45.6 Å². The summed E-state index contributed by atoms with van der Waals surface area (Å²) in [6, 6.07) is 22.0. The van der Waals surface area contributed by atoms with Crippen molar-refractivity contribution >= 4 is 59.3 Å². The first-order valence-corrected chi connectivity index (χ1v) is 24.3. The average molecular weight is 891 g/mol. The standard InChI is InChI=1S/C44H44N8O9P2/c1-4-58-31-17-11-14-27-34(31)43-48-38(27)46-41-30-24-25(61-63(56,57)23-10-8-7-9-22-62(53,54)55)20-21-26(30)37(45-41)47-42-35-28(15-12-18-32(35)59-5-2)39(49-42)51-44-36-29(40(50-43)52-44)16-13-19-33(36)60-6-3/h11-21,24H,4-10,22-23H2,1-3H3,(H,56,57)(H2,53,54,55)(H2,45,46,47,48,49,50,51,52). The van der Waals surface area contributed by atoms with Crippen LogP contribution in [0.2, 0.25) is 0 Å². The number of aromatic nitrogens is 8. The molecule has 0 radical (unpaired) electrons. The molecule has 0 amide bonds. The SMILES string of the molecule is CCOc1cccc2c1-c1nc-2nc2[nH]c(nc3nc(nc4[nH]c(n1)c1ccc(OP(=O)(O)CCCCCCP(=O)(O)O)cc41)-c1cccc(OCC)c1-3)c1cccc(OCC)c21. The molecule has 5 N–H and O–H groups in total. The summed E-state index contributed by atoms with van der Waals surface area (Å²) in [6.07, 6.45) is 1.32. The van der Waals surface area contributed by atoms with Gasteiger partial charge in [0, 0.05) is 33.4 Å². The molecule has 17 nitrogen and oxygen atoms in total. The van der Waals surface area contributed by atoms with E-state index in [2.05, 4.69) is 9.97 Å². The van der Waals surface area contributed by atoms with Crippen LogP contribution in [-0.4, -0.2) is 86.7 Å². The molecule has 0 fully saturated rings. The summed E-state index contributed by atoms with van der Waals surface area (Å²) in [5.74, 6) is 3.30. The third kappa shape index (κ3) is 8.50. The van der Waals surface area contributed by atoms with Crippen LogP contribution in [-0.2, 0) is 9.13 Å². The lowest BCUT2D eigenvalue weighted by atomic mass is 10.1. The van der Waals surface area contributed by atoms with Crippen molar-refractivity contribution in [1.82, 2.24) is 39.9 Å². The van der Waals surface area contributed by atoms with E-state index in [4.69, 9.17) is 58.4 Å². The Morgan fingerprint density at radius 3 is 1.65 bits per heavy atom. The summed E-state index contributed by atoms with van der Waals surface area (Å²) in [6.45, 7) is 6.96. The number of aromatic amines is 2. The number of rotatable bonds is 15. The molecule has 63 heavy (non-hydrogen) atoms. The van der Waals surface area contributed by atoms with Crippen molar-refractivity contribution in [3.05, 3.63) is 72.8 Å². The van der Waals surface area contributed by atoms with E-state index in [9.17, 15) is 14.0 Å². The fourth-order valence-electron chi connectivity index (χ4n) is 7.90. The van der Waals surface area contributed by atoms with Gasteiger partial charge in [-0.2, -0.15) is 0 Å². The fourth-order valence-corrected chi connectivity index (χ4v) is 9.69. The maximum atomic E-state index is 13.3. The van der Waals surface area contributed by atoms with Crippen molar-refractivity contribution in [2.24, 2.45) is 0 Å². The van der Waals surface area contributed by atoms with E-state index >= 15 is 0 Å². The minimum atomic E-state index is -4.13. The first-order valence-electron chi connectivity index (χ1n) is 20.7. The number of hydrogen-bond acceptors (Lipinski definition) is 12. The highest BCUT2D eigenvalue weighted by atomic mass is 31.2. The van der Waals surface area contributed by atoms with Crippen molar-refractivity contribution in [3.63, 3.8) is 0 Å². The lowest BCUT2D eigenvalue weighted by Gasteiger charge is -2.13. The number of nitrogens with zero attached hydrogens (tertiary/aromatic N) is 6. The van der Waals surface area contributed by atoms with Gasteiger partial charge in [-0.1, -0.05) is 49.2 Å². The average Bonchev–Trinajstić information content (AvgIpc) is 3.98. The molecule has 3 aromatic heterocycles. The summed E-state index contributed by atoms with van der Waals surface area (Å²) < 4.78 is 48.7. The number of hydrogen-bond donors (Lipinski definition) is 5. The second kappa shape index (κ2) is 17.2. The topological polar surface area (TPSA) is 241 Å². The molecule has 2 aliphatic heterocycles. The van der Waals surface area contributed by atoms with Crippen molar-refractivity contribution in [3.8, 4) is 68.5 Å². The third-order valence-electron chi connectivity index (χ3n) is 10.6. The molecule has 19 heteroatoms. The highest BCUT2D eigenvalue weighted by molar-refractivity contribution is 7.53. The van der Waals surface area contributed by atoms with Gasteiger partial charge >= 0.3 is 15.2 Å². The Morgan fingerprint density at radius 2 is 1.03 bits per heavy atom. The lowest BCUT2D eigenvalue weighted by Crippen LogP contribution is -1.98. The van der Waals surface area contributed by atoms with Gasteiger partial charge in [-0.15, -0.1) is 0 Å². The minimum absolute atomic E-state index is 0.134. The number of benzene rings is 4. The van der Waals surface area contributed by atoms with Crippen LogP contribution in [0.4, 0.5) is 0 Å². The molecule has 0 saturated carbocycles. The van der Waals surface area contributed by atoms with Crippen molar-refractivity contribution in [1.29, 1.82) is 0 Å². The molecular formula is C44H44N8O9P2. The summed E-state index contributed by atoms with van der Waals surface area (Å²) in [7, 11) is -8.22. The quantitative estimate of drug-likeness (QED) is 0.0476. The van der Waals surface area contributed by atoms with Crippen molar-refractivity contribution in [2.45, 2.75) is 46.5 Å². The van der Waals surface area contributed by atoms with Crippen LogP contribution in [0.25, 0.3) is 89.7 Å². The van der Waals surface area contributed by atoms with Gasteiger partial charge in [-0.3, -0.25) is 4.57 Å². The number of ether oxygens (including phenoxy) is 3. The first kappa shape index (κ1) is 42.1. The third-order valence-corrected chi connectivity index (χ3v) is 12.8. The van der Waals surface area contributed by atoms with Crippen molar-refractivity contribution < 1.29 is 42.5 Å². The second-order valence-electron chi connectivity index (χ2n) is 14.9. The highest BCUT2D eigenvalue weighted by Crippen LogP contribution is 2.46. The normalized spacial score (nSPS) is 13.1. The molecule has 2 aliphatic rings. The fraction of sp³-hybridized carbons (Fsp3) is 0.273. The van der Waals surface area contributed by atoms with E-state index < -0.39 is 15.2 Å². The Labute approximate surface area is 360 Å².